The van der Waals surface area contributed by atoms with Crippen LogP contribution in [0.2, 0.25) is 5.02 Å². The fourth-order valence-electron chi connectivity index (χ4n) is 2.46. The highest BCUT2D eigenvalue weighted by atomic mass is 35.5. The number of hydrogen-bond acceptors (Lipinski definition) is 4. The SMILES string of the molecule is CCNC(Cn1cc(Cl)cn1)(C(=O)OCC)C1CC1. The number of ether oxygens (including phenoxy) is 1. The number of nitrogens with zero attached hydrogens (tertiary/aromatic N) is 2. The van der Waals surface area contributed by atoms with Crippen molar-refractivity contribution < 1.29 is 9.53 Å². The Balaban J connectivity index is 2.23. The van der Waals surface area contributed by atoms with Crippen molar-refractivity contribution in [3.63, 3.8) is 0 Å². The van der Waals surface area contributed by atoms with E-state index in [0.29, 0.717) is 30.6 Å². The van der Waals surface area contributed by atoms with Gasteiger partial charge in [0.15, 0.2) is 0 Å². The lowest BCUT2D eigenvalue weighted by Gasteiger charge is -2.32. The van der Waals surface area contributed by atoms with E-state index in [1.54, 1.807) is 17.1 Å². The summed E-state index contributed by atoms with van der Waals surface area (Å²) in [4.78, 5) is 12.4. The maximum absolute atomic E-state index is 12.4. The Morgan fingerprint density at radius 3 is 2.84 bits per heavy atom. The van der Waals surface area contributed by atoms with E-state index in [1.165, 1.54) is 0 Å². The molecule has 0 aliphatic heterocycles. The number of esters is 1. The van der Waals surface area contributed by atoms with E-state index < -0.39 is 5.54 Å². The van der Waals surface area contributed by atoms with Gasteiger partial charge in [-0.3, -0.25) is 4.68 Å². The molecule has 1 heterocycles. The molecule has 1 aliphatic carbocycles. The zero-order valence-electron chi connectivity index (χ0n) is 11.4. The summed E-state index contributed by atoms with van der Waals surface area (Å²) in [7, 11) is 0. The highest BCUT2D eigenvalue weighted by Gasteiger charge is 2.52. The van der Waals surface area contributed by atoms with Crippen LogP contribution >= 0.6 is 11.6 Å². The van der Waals surface area contributed by atoms with Gasteiger partial charge in [-0.25, -0.2) is 4.79 Å². The molecule has 1 unspecified atom stereocenters. The molecule has 19 heavy (non-hydrogen) atoms. The molecule has 0 aromatic carbocycles. The van der Waals surface area contributed by atoms with E-state index in [0.717, 1.165) is 12.8 Å². The normalized spacial score (nSPS) is 18.1. The number of halogens is 1. The molecule has 1 aliphatic rings. The second-order valence-electron chi connectivity index (χ2n) is 4.85. The standard InChI is InChI=1S/C13H20ClN3O2/c1-3-15-13(10-5-6-10,12(18)19-4-2)9-17-8-11(14)7-16-17/h7-8,10,15H,3-6,9H2,1-2H3. The maximum atomic E-state index is 12.4. The molecule has 0 spiro atoms. The lowest BCUT2D eigenvalue weighted by molar-refractivity contribution is -0.153. The van der Waals surface area contributed by atoms with Gasteiger partial charge in [0.25, 0.3) is 0 Å². The third kappa shape index (κ3) is 3.09. The second kappa shape index (κ2) is 5.92. The van der Waals surface area contributed by atoms with Crippen molar-refractivity contribution in [3.05, 3.63) is 17.4 Å². The molecule has 0 bridgehead atoms. The van der Waals surface area contributed by atoms with Gasteiger partial charge in [-0.1, -0.05) is 18.5 Å². The van der Waals surface area contributed by atoms with Crippen LogP contribution in [0.3, 0.4) is 0 Å². The van der Waals surface area contributed by atoms with Crippen molar-refractivity contribution in [1.29, 1.82) is 0 Å². The Kier molecular flexibility index (Phi) is 4.47. The minimum Gasteiger partial charge on any atom is -0.465 e. The molecule has 0 saturated heterocycles. The molecule has 1 aromatic heterocycles. The fourth-order valence-corrected chi connectivity index (χ4v) is 2.62. The molecule has 1 aromatic rings. The largest absolute Gasteiger partial charge is 0.465 e. The van der Waals surface area contributed by atoms with Crippen LogP contribution in [-0.4, -0.2) is 34.4 Å². The first kappa shape index (κ1) is 14.3. The van der Waals surface area contributed by atoms with Crippen LogP contribution in [0.15, 0.2) is 12.4 Å². The first-order valence-corrected chi connectivity index (χ1v) is 7.10. The summed E-state index contributed by atoms with van der Waals surface area (Å²) < 4.78 is 6.97. The average Bonchev–Trinajstić information content (AvgIpc) is 3.14. The number of rotatable bonds is 7. The predicted molar refractivity (Wildman–Crippen MR) is 73.0 cm³/mol. The van der Waals surface area contributed by atoms with Gasteiger partial charge in [0.05, 0.1) is 24.4 Å². The summed E-state index contributed by atoms with van der Waals surface area (Å²) in [5, 5.41) is 8.07. The summed E-state index contributed by atoms with van der Waals surface area (Å²) in [5.41, 5.74) is -0.680. The number of nitrogens with one attached hydrogen (secondary N) is 1. The number of hydrogen-bond donors (Lipinski definition) is 1. The lowest BCUT2D eigenvalue weighted by atomic mass is 9.93. The van der Waals surface area contributed by atoms with Crippen molar-refractivity contribution in [1.82, 2.24) is 15.1 Å². The molecule has 1 atom stereocenters. The van der Waals surface area contributed by atoms with Gasteiger partial charge >= 0.3 is 5.97 Å². The number of carbonyl (C=O) groups excluding carboxylic acids is 1. The van der Waals surface area contributed by atoms with Crippen molar-refractivity contribution in [2.24, 2.45) is 5.92 Å². The average molecular weight is 286 g/mol. The summed E-state index contributed by atoms with van der Waals surface area (Å²) in [5.74, 6) is 0.125. The van der Waals surface area contributed by atoms with Crippen LogP contribution in [0, 0.1) is 5.92 Å². The Bertz CT molecular complexity index is 445. The number of aromatic nitrogens is 2. The molecule has 1 N–H and O–H groups in total. The van der Waals surface area contributed by atoms with Gasteiger partial charge in [0.2, 0.25) is 0 Å². The van der Waals surface area contributed by atoms with Gasteiger partial charge in [-0.2, -0.15) is 5.10 Å². The van der Waals surface area contributed by atoms with Crippen LogP contribution in [0.1, 0.15) is 26.7 Å². The molecule has 6 heteroatoms. The van der Waals surface area contributed by atoms with E-state index in [4.69, 9.17) is 16.3 Å². The minimum atomic E-state index is -0.680. The van der Waals surface area contributed by atoms with Gasteiger partial charge in [0.1, 0.15) is 5.54 Å². The topological polar surface area (TPSA) is 56.2 Å². The maximum Gasteiger partial charge on any atom is 0.328 e. The van der Waals surface area contributed by atoms with E-state index >= 15 is 0 Å². The van der Waals surface area contributed by atoms with Crippen molar-refractivity contribution in [2.75, 3.05) is 13.2 Å². The fraction of sp³-hybridized carbons (Fsp3) is 0.692. The van der Waals surface area contributed by atoms with Crippen LogP contribution < -0.4 is 5.32 Å². The molecule has 1 saturated carbocycles. The first-order valence-electron chi connectivity index (χ1n) is 6.72. The third-order valence-electron chi connectivity index (χ3n) is 3.42. The van der Waals surface area contributed by atoms with E-state index in [-0.39, 0.29) is 5.97 Å². The summed E-state index contributed by atoms with van der Waals surface area (Å²) in [6.07, 6.45) is 5.40. The van der Waals surface area contributed by atoms with Crippen molar-refractivity contribution in [2.45, 2.75) is 38.8 Å². The Morgan fingerprint density at radius 2 is 2.37 bits per heavy atom. The Hall–Kier alpha value is -1.07. The molecule has 1 fully saturated rings. The summed E-state index contributed by atoms with van der Waals surface area (Å²) >= 11 is 5.88. The smallest absolute Gasteiger partial charge is 0.328 e. The second-order valence-corrected chi connectivity index (χ2v) is 5.29. The van der Waals surface area contributed by atoms with Crippen LogP contribution in [0.5, 0.6) is 0 Å². The molecule has 5 nitrogen and oxygen atoms in total. The number of likely N-dealkylation sites (N-methyl/N-ethyl adjacent to an activating group) is 1. The van der Waals surface area contributed by atoms with E-state index in [2.05, 4.69) is 10.4 Å². The molecule has 2 rings (SSSR count). The zero-order chi connectivity index (χ0) is 13.9. The quantitative estimate of drug-likeness (QED) is 0.777. The minimum absolute atomic E-state index is 0.189. The van der Waals surface area contributed by atoms with Gasteiger partial charge < -0.3 is 10.1 Å². The lowest BCUT2D eigenvalue weighted by Crippen LogP contribution is -2.57. The monoisotopic (exact) mass is 285 g/mol. The molecule has 106 valence electrons. The molecule has 0 amide bonds. The Morgan fingerprint density at radius 1 is 1.63 bits per heavy atom. The molecular weight excluding hydrogens is 266 g/mol. The van der Waals surface area contributed by atoms with Crippen LogP contribution in [0.25, 0.3) is 0 Å². The van der Waals surface area contributed by atoms with Gasteiger partial charge in [-0.05, 0) is 32.2 Å². The van der Waals surface area contributed by atoms with Crippen LogP contribution in [0.4, 0.5) is 0 Å². The van der Waals surface area contributed by atoms with Crippen molar-refractivity contribution in [3.8, 4) is 0 Å². The van der Waals surface area contributed by atoms with Gasteiger partial charge in [-0.15, -0.1) is 0 Å². The highest BCUT2D eigenvalue weighted by Crippen LogP contribution is 2.41. The van der Waals surface area contributed by atoms with Crippen molar-refractivity contribution >= 4 is 17.6 Å². The first-order chi connectivity index (χ1) is 9.12. The zero-order valence-corrected chi connectivity index (χ0v) is 12.1. The molecular formula is C13H20ClN3O2. The Labute approximate surface area is 118 Å². The van der Waals surface area contributed by atoms with E-state index in [9.17, 15) is 4.79 Å². The summed E-state index contributed by atoms with van der Waals surface area (Å²) in [6.45, 7) is 5.37. The van der Waals surface area contributed by atoms with Crippen LogP contribution in [-0.2, 0) is 16.1 Å². The molecule has 0 radical (unpaired) electrons. The summed E-state index contributed by atoms with van der Waals surface area (Å²) in [6, 6.07) is 0. The van der Waals surface area contributed by atoms with E-state index in [1.807, 2.05) is 13.8 Å². The highest BCUT2D eigenvalue weighted by molar-refractivity contribution is 6.30. The third-order valence-corrected chi connectivity index (χ3v) is 3.61. The predicted octanol–water partition coefficient (Wildman–Crippen LogP) is 1.86. The number of carbonyl (C=O) groups is 1. The van der Waals surface area contributed by atoms with Gasteiger partial charge in [0, 0.05) is 6.20 Å².